The Morgan fingerprint density at radius 3 is 2.58 bits per heavy atom. The fraction of sp³-hybridized carbons (Fsp3) is 0.375. The Bertz CT molecular complexity index is 1150. The molecule has 1 atom stereocenters. The Balaban J connectivity index is 1.38. The Morgan fingerprint density at radius 1 is 1.10 bits per heavy atom. The predicted octanol–water partition coefficient (Wildman–Crippen LogP) is 2.09. The molecule has 31 heavy (non-hydrogen) atoms. The van der Waals surface area contributed by atoms with E-state index in [4.69, 9.17) is 4.74 Å². The number of nitrogens with zero attached hydrogens (tertiary/aromatic N) is 2. The van der Waals surface area contributed by atoms with Crippen molar-refractivity contribution in [2.45, 2.75) is 37.5 Å². The number of hydrogen-bond donors (Lipinski definition) is 2. The van der Waals surface area contributed by atoms with Crippen molar-refractivity contribution >= 4 is 16.7 Å². The van der Waals surface area contributed by atoms with Gasteiger partial charge in [-0.3, -0.25) is 9.59 Å². The normalized spacial score (nSPS) is 20.2. The van der Waals surface area contributed by atoms with Gasteiger partial charge in [0.15, 0.2) is 0 Å². The van der Waals surface area contributed by atoms with Gasteiger partial charge in [-0.15, -0.1) is 0 Å². The molecular weight excluding hydrogens is 392 g/mol. The molecule has 0 bridgehead atoms. The lowest BCUT2D eigenvalue weighted by Gasteiger charge is -2.32. The first-order valence-electron chi connectivity index (χ1n) is 10.8. The number of amides is 1. The molecule has 3 heterocycles. The summed E-state index contributed by atoms with van der Waals surface area (Å²) < 4.78 is 7.34. The number of hydrogen-bond acceptors (Lipinski definition) is 5. The molecule has 2 aliphatic rings. The molecule has 2 aromatic carbocycles. The zero-order valence-electron chi connectivity index (χ0n) is 17.3. The van der Waals surface area contributed by atoms with Crippen molar-refractivity contribution in [3.8, 4) is 11.3 Å². The molecule has 2 saturated heterocycles. The highest BCUT2D eigenvalue weighted by atomic mass is 16.5. The second-order valence-corrected chi connectivity index (χ2v) is 8.44. The number of benzene rings is 2. The molecule has 0 aliphatic carbocycles. The molecule has 5 rings (SSSR count). The SMILES string of the molecule is O=C(Cn1nc(-c2ccccc2)c2ccccc2c1=O)NC1COC2(CCNCC2)C1. The zero-order valence-corrected chi connectivity index (χ0v) is 17.3. The van der Waals surface area contributed by atoms with Crippen LogP contribution in [-0.2, 0) is 16.1 Å². The highest BCUT2D eigenvalue weighted by Crippen LogP contribution is 2.33. The summed E-state index contributed by atoms with van der Waals surface area (Å²) >= 11 is 0. The Labute approximate surface area is 180 Å². The molecule has 2 fully saturated rings. The monoisotopic (exact) mass is 418 g/mol. The second kappa shape index (κ2) is 8.24. The topological polar surface area (TPSA) is 85.2 Å². The van der Waals surface area contributed by atoms with E-state index in [0.29, 0.717) is 17.7 Å². The molecule has 2 aliphatic heterocycles. The van der Waals surface area contributed by atoms with E-state index in [2.05, 4.69) is 15.7 Å². The highest BCUT2D eigenvalue weighted by molar-refractivity contribution is 5.93. The Hall–Kier alpha value is -3.03. The third-order valence-corrected chi connectivity index (χ3v) is 6.30. The lowest BCUT2D eigenvalue weighted by atomic mass is 9.88. The largest absolute Gasteiger partial charge is 0.373 e. The average Bonchev–Trinajstić information content (AvgIpc) is 3.18. The third kappa shape index (κ3) is 3.98. The van der Waals surface area contributed by atoms with Gasteiger partial charge < -0.3 is 15.4 Å². The van der Waals surface area contributed by atoms with Crippen LogP contribution in [0.2, 0.25) is 0 Å². The standard InChI is InChI=1S/C24H26N4O3/c29-21(26-18-14-24(31-16-18)10-12-25-13-11-24)15-28-23(30)20-9-5-4-8-19(20)22(27-28)17-6-2-1-3-7-17/h1-9,18,25H,10-16H2,(H,26,29). The van der Waals surface area contributed by atoms with Gasteiger partial charge in [0.05, 0.1) is 29.3 Å². The van der Waals surface area contributed by atoms with Gasteiger partial charge in [0, 0.05) is 10.9 Å². The van der Waals surface area contributed by atoms with Crippen LogP contribution in [0.5, 0.6) is 0 Å². The molecule has 0 saturated carbocycles. The maximum atomic E-state index is 13.0. The molecule has 2 N–H and O–H groups in total. The lowest BCUT2D eigenvalue weighted by Crippen LogP contribution is -2.43. The molecule has 0 radical (unpaired) electrons. The number of carbonyl (C=O) groups excluding carboxylic acids is 1. The molecule has 1 unspecified atom stereocenters. The van der Waals surface area contributed by atoms with E-state index < -0.39 is 0 Å². The number of fused-ring (bicyclic) bond motifs is 1. The van der Waals surface area contributed by atoms with E-state index in [0.717, 1.165) is 43.3 Å². The summed E-state index contributed by atoms with van der Waals surface area (Å²) in [6.45, 7) is 2.29. The fourth-order valence-corrected chi connectivity index (χ4v) is 4.73. The van der Waals surface area contributed by atoms with Crippen molar-refractivity contribution < 1.29 is 9.53 Å². The number of aromatic nitrogens is 2. The van der Waals surface area contributed by atoms with Crippen LogP contribution in [0, 0.1) is 0 Å². The van der Waals surface area contributed by atoms with Crippen LogP contribution in [0.25, 0.3) is 22.0 Å². The van der Waals surface area contributed by atoms with Crippen molar-refractivity contribution in [1.82, 2.24) is 20.4 Å². The van der Waals surface area contributed by atoms with Crippen LogP contribution in [0.3, 0.4) is 0 Å². The van der Waals surface area contributed by atoms with Gasteiger partial charge in [0.1, 0.15) is 6.54 Å². The van der Waals surface area contributed by atoms with Gasteiger partial charge in [-0.05, 0) is 38.4 Å². The van der Waals surface area contributed by atoms with Crippen molar-refractivity contribution in [1.29, 1.82) is 0 Å². The van der Waals surface area contributed by atoms with Crippen LogP contribution in [0.1, 0.15) is 19.3 Å². The maximum Gasteiger partial charge on any atom is 0.275 e. The van der Waals surface area contributed by atoms with E-state index in [1.54, 1.807) is 6.07 Å². The van der Waals surface area contributed by atoms with Crippen LogP contribution >= 0.6 is 0 Å². The number of carbonyl (C=O) groups is 1. The van der Waals surface area contributed by atoms with E-state index >= 15 is 0 Å². The first-order valence-corrected chi connectivity index (χ1v) is 10.8. The molecule has 7 heteroatoms. The molecule has 3 aromatic rings. The number of rotatable bonds is 4. The number of nitrogens with one attached hydrogen (secondary N) is 2. The first kappa shape index (κ1) is 19.9. The minimum atomic E-state index is -0.261. The maximum absolute atomic E-state index is 13.0. The fourth-order valence-electron chi connectivity index (χ4n) is 4.73. The lowest BCUT2D eigenvalue weighted by molar-refractivity contribution is -0.122. The minimum Gasteiger partial charge on any atom is -0.373 e. The predicted molar refractivity (Wildman–Crippen MR) is 119 cm³/mol. The summed E-state index contributed by atoms with van der Waals surface area (Å²) in [5.74, 6) is -0.219. The molecular formula is C24H26N4O3. The van der Waals surface area contributed by atoms with Crippen molar-refractivity contribution in [2.75, 3.05) is 19.7 Å². The van der Waals surface area contributed by atoms with E-state index in [-0.39, 0.29) is 29.7 Å². The third-order valence-electron chi connectivity index (χ3n) is 6.30. The van der Waals surface area contributed by atoms with Crippen LogP contribution in [0.15, 0.2) is 59.4 Å². The van der Waals surface area contributed by atoms with Crippen molar-refractivity contribution in [3.63, 3.8) is 0 Å². The van der Waals surface area contributed by atoms with E-state index in [9.17, 15) is 9.59 Å². The molecule has 160 valence electrons. The summed E-state index contributed by atoms with van der Waals surface area (Å²) in [5, 5.41) is 12.3. The quantitative estimate of drug-likeness (QED) is 0.678. The smallest absolute Gasteiger partial charge is 0.275 e. The van der Waals surface area contributed by atoms with Gasteiger partial charge in [-0.25, -0.2) is 4.68 Å². The van der Waals surface area contributed by atoms with Gasteiger partial charge in [0.25, 0.3) is 5.56 Å². The first-order chi connectivity index (χ1) is 15.1. The van der Waals surface area contributed by atoms with Gasteiger partial charge in [-0.2, -0.15) is 5.10 Å². The second-order valence-electron chi connectivity index (χ2n) is 8.44. The average molecular weight is 418 g/mol. The number of ether oxygens (including phenoxy) is 1. The Kier molecular flexibility index (Phi) is 5.29. The molecule has 1 amide bonds. The van der Waals surface area contributed by atoms with E-state index in [1.165, 1.54) is 4.68 Å². The summed E-state index contributed by atoms with van der Waals surface area (Å²) in [5.41, 5.74) is 1.22. The van der Waals surface area contributed by atoms with Crippen molar-refractivity contribution in [3.05, 3.63) is 65.0 Å². The summed E-state index contributed by atoms with van der Waals surface area (Å²) in [6.07, 6.45) is 2.74. The summed E-state index contributed by atoms with van der Waals surface area (Å²) in [4.78, 5) is 25.8. The Morgan fingerprint density at radius 2 is 1.81 bits per heavy atom. The molecule has 7 nitrogen and oxygen atoms in total. The minimum absolute atomic E-state index is 0.0321. The van der Waals surface area contributed by atoms with Crippen LogP contribution in [-0.4, -0.2) is 47.0 Å². The van der Waals surface area contributed by atoms with Crippen LogP contribution < -0.4 is 16.2 Å². The van der Waals surface area contributed by atoms with Crippen LogP contribution in [0.4, 0.5) is 0 Å². The number of piperidine rings is 1. The van der Waals surface area contributed by atoms with Crippen molar-refractivity contribution in [2.24, 2.45) is 0 Å². The van der Waals surface area contributed by atoms with Gasteiger partial charge >= 0.3 is 0 Å². The highest BCUT2D eigenvalue weighted by Gasteiger charge is 2.41. The molecule has 1 spiro atoms. The van der Waals surface area contributed by atoms with Gasteiger partial charge in [-0.1, -0.05) is 48.5 Å². The summed E-state index contributed by atoms with van der Waals surface area (Å²) in [6, 6.07) is 17.1. The summed E-state index contributed by atoms with van der Waals surface area (Å²) in [7, 11) is 0. The molecule has 1 aromatic heterocycles. The van der Waals surface area contributed by atoms with E-state index in [1.807, 2.05) is 48.5 Å². The zero-order chi connectivity index (χ0) is 21.3. The van der Waals surface area contributed by atoms with Gasteiger partial charge in [0.2, 0.25) is 5.91 Å².